The summed E-state index contributed by atoms with van der Waals surface area (Å²) in [6.45, 7) is 2.11. The molecular weight excluding hydrogens is 282 g/mol. The normalized spacial score (nSPS) is 15.8. The van der Waals surface area contributed by atoms with Crippen LogP contribution in [0.5, 0.6) is 5.75 Å². The average molecular weight is 302 g/mol. The number of hydrogen-bond donors (Lipinski definition) is 1. The summed E-state index contributed by atoms with van der Waals surface area (Å²) in [7, 11) is 1.97. The van der Waals surface area contributed by atoms with Gasteiger partial charge in [-0.05, 0) is 67.8 Å². The Hall–Kier alpha value is -1.51. The van der Waals surface area contributed by atoms with Gasteiger partial charge in [0, 0.05) is 5.02 Å². The van der Waals surface area contributed by atoms with Crippen molar-refractivity contribution in [3.05, 3.63) is 64.2 Å². The van der Waals surface area contributed by atoms with Gasteiger partial charge in [-0.2, -0.15) is 0 Å². The molecule has 0 aromatic heterocycles. The molecule has 1 fully saturated rings. The number of rotatable bonds is 5. The van der Waals surface area contributed by atoms with Crippen molar-refractivity contribution in [2.75, 3.05) is 7.05 Å². The Morgan fingerprint density at radius 3 is 2.71 bits per heavy atom. The van der Waals surface area contributed by atoms with E-state index in [-0.39, 0.29) is 6.04 Å². The molecule has 3 heteroatoms. The molecule has 0 aliphatic heterocycles. The molecule has 0 saturated heterocycles. The molecule has 1 atom stereocenters. The summed E-state index contributed by atoms with van der Waals surface area (Å²) < 4.78 is 5.90. The zero-order chi connectivity index (χ0) is 14.8. The summed E-state index contributed by atoms with van der Waals surface area (Å²) in [6.07, 6.45) is 2.77. The van der Waals surface area contributed by atoms with Crippen LogP contribution in [0.25, 0.3) is 0 Å². The lowest BCUT2D eigenvalue weighted by atomic mass is 9.95. The van der Waals surface area contributed by atoms with Crippen molar-refractivity contribution in [1.29, 1.82) is 0 Å². The molecule has 1 aliphatic carbocycles. The van der Waals surface area contributed by atoms with E-state index in [0.717, 1.165) is 10.8 Å². The highest BCUT2D eigenvalue weighted by Crippen LogP contribution is 2.31. The largest absolute Gasteiger partial charge is 0.490 e. The third kappa shape index (κ3) is 3.39. The second-order valence-electron chi connectivity index (χ2n) is 5.61. The van der Waals surface area contributed by atoms with Crippen LogP contribution < -0.4 is 10.1 Å². The molecular formula is C18H20ClNO. The number of aryl methyl sites for hydroxylation is 1. The quantitative estimate of drug-likeness (QED) is 0.878. The molecule has 2 aromatic rings. The van der Waals surface area contributed by atoms with E-state index in [0.29, 0.717) is 6.10 Å². The minimum Gasteiger partial charge on any atom is -0.490 e. The van der Waals surface area contributed by atoms with Crippen LogP contribution in [0, 0.1) is 6.92 Å². The van der Waals surface area contributed by atoms with Gasteiger partial charge in [0.15, 0.2) is 0 Å². The topological polar surface area (TPSA) is 21.3 Å². The number of benzene rings is 2. The van der Waals surface area contributed by atoms with E-state index < -0.39 is 0 Å². The highest BCUT2D eigenvalue weighted by molar-refractivity contribution is 6.30. The van der Waals surface area contributed by atoms with Gasteiger partial charge in [0.2, 0.25) is 0 Å². The summed E-state index contributed by atoms with van der Waals surface area (Å²) in [4.78, 5) is 0. The summed E-state index contributed by atoms with van der Waals surface area (Å²) in [6, 6.07) is 14.5. The van der Waals surface area contributed by atoms with E-state index in [1.165, 1.54) is 29.5 Å². The third-order valence-corrected chi connectivity index (χ3v) is 4.09. The Morgan fingerprint density at radius 1 is 1.19 bits per heavy atom. The van der Waals surface area contributed by atoms with Crippen LogP contribution in [0.4, 0.5) is 0 Å². The molecule has 1 unspecified atom stereocenters. The van der Waals surface area contributed by atoms with Gasteiger partial charge < -0.3 is 10.1 Å². The molecule has 110 valence electrons. The number of halogens is 1. The van der Waals surface area contributed by atoms with Crippen LogP contribution in [0.3, 0.4) is 0 Å². The molecule has 0 amide bonds. The Balaban J connectivity index is 1.93. The highest BCUT2D eigenvalue weighted by atomic mass is 35.5. The van der Waals surface area contributed by atoms with Crippen LogP contribution in [-0.4, -0.2) is 13.2 Å². The number of hydrogen-bond acceptors (Lipinski definition) is 2. The second-order valence-corrected chi connectivity index (χ2v) is 6.05. The van der Waals surface area contributed by atoms with E-state index >= 15 is 0 Å². The fourth-order valence-electron chi connectivity index (χ4n) is 2.57. The Morgan fingerprint density at radius 2 is 2.00 bits per heavy atom. The second kappa shape index (κ2) is 6.08. The van der Waals surface area contributed by atoms with E-state index in [4.69, 9.17) is 16.3 Å². The van der Waals surface area contributed by atoms with E-state index in [9.17, 15) is 0 Å². The highest BCUT2D eigenvalue weighted by Gasteiger charge is 2.24. The zero-order valence-corrected chi connectivity index (χ0v) is 13.2. The van der Waals surface area contributed by atoms with Gasteiger partial charge in [0.05, 0.1) is 12.1 Å². The van der Waals surface area contributed by atoms with Gasteiger partial charge in [-0.25, -0.2) is 0 Å². The zero-order valence-electron chi connectivity index (χ0n) is 12.4. The summed E-state index contributed by atoms with van der Waals surface area (Å²) >= 11 is 6.16. The maximum atomic E-state index is 6.16. The SMILES string of the molecule is CNC(c1cccc(OC2CC2)c1)c1cc(Cl)ccc1C. The van der Waals surface area contributed by atoms with Crippen molar-refractivity contribution >= 4 is 11.6 Å². The maximum absolute atomic E-state index is 6.16. The van der Waals surface area contributed by atoms with Crippen LogP contribution in [0.15, 0.2) is 42.5 Å². The molecule has 0 spiro atoms. The standard InChI is InChI=1S/C18H20ClNO/c1-12-6-7-14(19)11-17(12)18(20-2)13-4-3-5-16(10-13)21-15-8-9-15/h3-7,10-11,15,18,20H,8-9H2,1-2H3. The van der Waals surface area contributed by atoms with Crippen LogP contribution in [0.2, 0.25) is 5.02 Å². The molecule has 1 N–H and O–H groups in total. The molecule has 0 bridgehead atoms. The van der Waals surface area contributed by atoms with E-state index in [2.05, 4.69) is 36.5 Å². The van der Waals surface area contributed by atoms with Crippen molar-refractivity contribution in [2.45, 2.75) is 31.9 Å². The van der Waals surface area contributed by atoms with Crippen molar-refractivity contribution in [3.8, 4) is 5.75 Å². The number of nitrogens with one attached hydrogen (secondary N) is 1. The summed E-state index contributed by atoms with van der Waals surface area (Å²) in [5.41, 5.74) is 3.63. The molecule has 3 rings (SSSR count). The van der Waals surface area contributed by atoms with Crippen LogP contribution >= 0.6 is 11.6 Å². The number of ether oxygens (including phenoxy) is 1. The molecule has 1 aliphatic rings. The lowest BCUT2D eigenvalue weighted by Gasteiger charge is -2.20. The lowest BCUT2D eigenvalue weighted by molar-refractivity contribution is 0.302. The Bertz CT molecular complexity index is 637. The van der Waals surface area contributed by atoms with Gasteiger partial charge in [-0.3, -0.25) is 0 Å². The molecule has 1 saturated carbocycles. The first-order valence-corrected chi connectivity index (χ1v) is 7.75. The predicted octanol–water partition coefficient (Wildman–Crippen LogP) is 4.50. The molecule has 2 aromatic carbocycles. The fourth-order valence-corrected chi connectivity index (χ4v) is 2.75. The predicted molar refractivity (Wildman–Crippen MR) is 87.2 cm³/mol. The minimum absolute atomic E-state index is 0.117. The maximum Gasteiger partial charge on any atom is 0.120 e. The van der Waals surface area contributed by atoms with Crippen LogP contribution in [0.1, 0.15) is 35.6 Å². The first-order chi connectivity index (χ1) is 10.2. The molecule has 21 heavy (non-hydrogen) atoms. The minimum atomic E-state index is 0.117. The first kappa shape index (κ1) is 14.4. The monoisotopic (exact) mass is 301 g/mol. The van der Waals surface area contributed by atoms with Crippen molar-refractivity contribution in [3.63, 3.8) is 0 Å². The Labute approximate surface area is 131 Å². The molecule has 0 heterocycles. The van der Waals surface area contributed by atoms with Gasteiger partial charge in [0.25, 0.3) is 0 Å². The smallest absolute Gasteiger partial charge is 0.120 e. The Kier molecular flexibility index (Phi) is 4.18. The molecule has 0 radical (unpaired) electrons. The lowest BCUT2D eigenvalue weighted by Crippen LogP contribution is -2.18. The van der Waals surface area contributed by atoms with Crippen molar-refractivity contribution < 1.29 is 4.74 Å². The van der Waals surface area contributed by atoms with E-state index in [1.807, 2.05) is 25.2 Å². The summed E-state index contributed by atoms with van der Waals surface area (Å²) in [5.74, 6) is 0.954. The van der Waals surface area contributed by atoms with E-state index in [1.54, 1.807) is 0 Å². The summed E-state index contributed by atoms with van der Waals surface area (Å²) in [5, 5.41) is 4.15. The van der Waals surface area contributed by atoms with Crippen LogP contribution in [-0.2, 0) is 0 Å². The van der Waals surface area contributed by atoms with Crippen molar-refractivity contribution in [2.24, 2.45) is 0 Å². The first-order valence-electron chi connectivity index (χ1n) is 7.37. The average Bonchev–Trinajstić information content (AvgIpc) is 3.28. The fraction of sp³-hybridized carbons (Fsp3) is 0.333. The van der Waals surface area contributed by atoms with Gasteiger partial charge >= 0.3 is 0 Å². The third-order valence-electron chi connectivity index (χ3n) is 3.86. The van der Waals surface area contributed by atoms with Crippen molar-refractivity contribution in [1.82, 2.24) is 5.32 Å². The van der Waals surface area contributed by atoms with Gasteiger partial charge in [-0.1, -0.05) is 29.8 Å². The molecule has 2 nitrogen and oxygen atoms in total. The van der Waals surface area contributed by atoms with Gasteiger partial charge in [-0.15, -0.1) is 0 Å². The van der Waals surface area contributed by atoms with Gasteiger partial charge in [0.1, 0.15) is 5.75 Å².